The normalized spacial score (nSPS) is 12.9. The number of hydrogen-bond donors (Lipinski definition) is 2. The zero-order valence-electron chi connectivity index (χ0n) is 8.00. The second kappa shape index (κ2) is 3.55. The van der Waals surface area contributed by atoms with Gasteiger partial charge >= 0.3 is 5.69 Å². The number of fused-ring (bicyclic) bond motifs is 1. The Hall–Kier alpha value is -1.55. The molecule has 0 radical (unpaired) electrons. The monoisotopic (exact) mass is 224 g/mol. The Morgan fingerprint density at radius 1 is 1.33 bits per heavy atom. The number of nitrogens with one attached hydrogen (secondary N) is 2. The molecule has 1 atom stereocenters. The Balaban J connectivity index is 2.55. The van der Waals surface area contributed by atoms with Gasteiger partial charge in [0, 0.05) is 5.56 Å². The highest BCUT2D eigenvalue weighted by atomic mass is 35.5. The summed E-state index contributed by atoms with van der Waals surface area (Å²) in [6, 6.07) is 4.95. The fourth-order valence-corrected chi connectivity index (χ4v) is 1.54. The zero-order valence-corrected chi connectivity index (χ0v) is 8.76. The van der Waals surface area contributed by atoms with Crippen molar-refractivity contribution >= 4 is 28.4 Å². The Morgan fingerprint density at radius 2 is 2.00 bits per heavy atom. The number of aromatic amines is 2. The smallest absolute Gasteiger partial charge is 0.306 e. The molecule has 0 amide bonds. The molecule has 0 aliphatic rings. The molecule has 1 aromatic heterocycles. The van der Waals surface area contributed by atoms with Crippen LogP contribution >= 0.6 is 11.6 Å². The highest BCUT2D eigenvalue weighted by Crippen LogP contribution is 2.13. The van der Waals surface area contributed by atoms with Gasteiger partial charge in [-0.05, 0) is 25.1 Å². The third-order valence-corrected chi connectivity index (χ3v) is 2.36. The van der Waals surface area contributed by atoms with E-state index in [1.165, 1.54) is 0 Å². The molecular formula is C10H9ClN2O2. The molecule has 1 unspecified atom stereocenters. The van der Waals surface area contributed by atoms with E-state index in [2.05, 4.69) is 9.97 Å². The average molecular weight is 225 g/mol. The number of carbonyl (C=O) groups is 1. The second-order valence-corrected chi connectivity index (χ2v) is 3.97. The van der Waals surface area contributed by atoms with Crippen molar-refractivity contribution < 1.29 is 4.79 Å². The number of rotatable bonds is 2. The van der Waals surface area contributed by atoms with Crippen LogP contribution in [0.3, 0.4) is 0 Å². The number of benzene rings is 1. The first-order valence-corrected chi connectivity index (χ1v) is 4.92. The summed E-state index contributed by atoms with van der Waals surface area (Å²) in [6.45, 7) is 1.62. The molecule has 2 N–H and O–H groups in total. The van der Waals surface area contributed by atoms with Gasteiger partial charge in [-0.2, -0.15) is 0 Å². The zero-order chi connectivity index (χ0) is 11.0. The lowest BCUT2D eigenvalue weighted by atomic mass is 10.1. The van der Waals surface area contributed by atoms with Crippen molar-refractivity contribution in [3.05, 3.63) is 34.2 Å². The molecule has 78 valence electrons. The fraction of sp³-hybridized carbons (Fsp3) is 0.200. The standard InChI is InChI=1S/C10H9ClN2O2/c1-5(11)9(14)6-2-3-7-8(4-6)13-10(15)12-7/h2-5H,1H3,(H2,12,13,15). The van der Waals surface area contributed by atoms with Crippen molar-refractivity contribution in [2.24, 2.45) is 0 Å². The molecule has 0 saturated heterocycles. The fourth-order valence-electron chi connectivity index (χ4n) is 1.42. The van der Waals surface area contributed by atoms with Crippen LogP contribution in [0.2, 0.25) is 0 Å². The van der Waals surface area contributed by atoms with Crippen molar-refractivity contribution in [2.45, 2.75) is 12.3 Å². The number of H-pyrrole nitrogens is 2. The summed E-state index contributed by atoms with van der Waals surface area (Å²) in [5.41, 5.74) is 1.51. The molecule has 2 aromatic rings. The summed E-state index contributed by atoms with van der Waals surface area (Å²) in [4.78, 5) is 27.7. The van der Waals surface area contributed by atoms with Crippen molar-refractivity contribution in [3.63, 3.8) is 0 Å². The number of halogens is 1. The SMILES string of the molecule is CC(Cl)C(=O)c1ccc2[nH]c(=O)[nH]c2c1. The molecule has 0 bridgehead atoms. The van der Waals surface area contributed by atoms with Crippen LogP contribution in [0.25, 0.3) is 11.0 Å². The summed E-state index contributed by atoms with van der Waals surface area (Å²) in [5, 5.41) is -0.562. The maximum atomic E-state index is 11.6. The van der Waals surface area contributed by atoms with Crippen LogP contribution in [-0.4, -0.2) is 21.1 Å². The number of ketones is 1. The summed E-state index contributed by atoms with van der Waals surface area (Å²) in [7, 11) is 0. The largest absolute Gasteiger partial charge is 0.323 e. The first-order chi connectivity index (χ1) is 7.08. The molecule has 0 spiro atoms. The van der Waals surface area contributed by atoms with E-state index in [1.807, 2.05) is 0 Å². The van der Waals surface area contributed by atoms with Crippen LogP contribution in [0.5, 0.6) is 0 Å². The summed E-state index contributed by atoms with van der Waals surface area (Å²) in [6.07, 6.45) is 0. The van der Waals surface area contributed by atoms with E-state index in [9.17, 15) is 9.59 Å². The lowest BCUT2D eigenvalue weighted by Crippen LogP contribution is -2.10. The van der Waals surface area contributed by atoms with E-state index >= 15 is 0 Å². The summed E-state index contributed by atoms with van der Waals surface area (Å²) < 4.78 is 0. The predicted molar refractivity (Wildman–Crippen MR) is 58.6 cm³/mol. The maximum absolute atomic E-state index is 11.6. The molecule has 4 nitrogen and oxygen atoms in total. The lowest BCUT2D eigenvalue weighted by molar-refractivity contribution is 0.0992. The third-order valence-electron chi connectivity index (χ3n) is 2.16. The van der Waals surface area contributed by atoms with Gasteiger partial charge in [0.05, 0.1) is 16.4 Å². The van der Waals surface area contributed by atoms with Crippen LogP contribution in [0.4, 0.5) is 0 Å². The summed E-state index contributed by atoms with van der Waals surface area (Å²) in [5.74, 6) is -0.152. The number of carbonyl (C=O) groups excluding carboxylic acids is 1. The quantitative estimate of drug-likeness (QED) is 0.602. The Morgan fingerprint density at radius 3 is 2.67 bits per heavy atom. The molecule has 0 fully saturated rings. The Kier molecular flexibility index (Phi) is 2.36. The molecule has 1 heterocycles. The molecule has 0 aliphatic heterocycles. The van der Waals surface area contributed by atoms with Gasteiger partial charge in [-0.25, -0.2) is 4.79 Å². The molecule has 0 saturated carbocycles. The van der Waals surface area contributed by atoms with Gasteiger partial charge in [-0.15, -0.1) is 11.6 Å². The topological polar surface area (TPSA) is 65.7 Å². The van der Waals surface area contributed by atoms with Gasteiger partial charge in [0.1, 0.15) is 0 Å². The minimum atomic E-state index is -0.562. The van der Waals surface area contributed by atoms with Gasteiger partial charge in [0.2, 0.25) is 0 Å². The van der Waals surface area contributed by atoms with Gasteiger partial charge < -0.3 is 9.97 Å². The number of imidazole rings is 1. The Labute approximate surface area is 90.3 Å². The highest BCUT2D eigenvalue weighted by Gasteiger charge is 2.12. The second-order valence-electron chi connectivity index (χ2n) is 3.32. The number of alkyl halides is 1. The average Bonchev–Trinajstić information content (AvgIpc) is 2.55. The lowest BCUT2D eigenvalue weighted by Gasteiger charge is -2.01. The molecule has 0 aliphatic carbocycles. The first kappa shape index (κ1) is 9.98. The van der Waals surface area contributed by atoms with Gasteiger partial charge in [-0.1, -0.05) is 0 Å². The van der Waals surface area contributed by atoms with Gasteiger partial charge in [-0.3, -0.25) is 4.79 Å². The van der Waals surface area contributed by atoms with Crippen LogP contribution in [0.1, 0.15) is 17.3 Å². The van der Waals surface area contributed by atoms with Crippen LogP contribution in [-0.2, 0) is 0 Å². The van der Waals surface area contributed by atoms with Gasteiger partial charge in [0.25, 0.3) is 0 Å². The molecular weight excluding hydrogens is 216 g/mol. The van der Waals surface area contributed by atoms with E-state index in [-0.39, 0.29) is 11.5 Å². The highest BCUT2D eigenvalue weighted by molar-refractivity contribution is 6.33. The number of aromatic nitrogens is 2. The van der Waals surface area contributed by atoms with Gasteiger partial charge in [0.15, 0.2) is 5.78 Å². The van der Waals surface area contributed by atoms with E-state index in [4.69, 9.17) is 11.6 Å². The maximum Gasteiger partial charge on any atom is 0.323 e. The molecule has 15 heavy (non-hydrogen) atoms. The number of hydrogen-bond acceptors (Lipinski definition) is 2. The molecule has 2 rings (SSSR count). The Bertz CT molecular complexity index is 568. The minimum Gasteiger partial charge on any atom is -0.306 e. The summed E-state index contributed by atoms with van der Waals surface area (Å²) >= 11 is 5.69. The van der Waals surface area contributed by atoms with E-state index in [0.29, 0.717) is 16.6 Å². The molecule has 1 aromatic carbocycles. The van der Waals surface area contributed by atoms with Crippen molar-refractivity contribution in [2.75, 3.05) is 0 Å². The van der Waals surface area contributed by atoms with E-state index < -0.39 is 5.38 Å². The van der Waals surface area contributed by atoms with E-state index in [0.717, 1.165) is 0 Å². The van der Waals surface area contributed by atoms with E-state index in [1.54, 1.807) is 25.1 Å². The molecule has 5 heteroatoms. The van der Waals surface area contributed by atoms with Crippen LogP contribution in [0, 0.1) is 0 Å². The number of Topliss-reactive ketones (excluding diaryl/α,β-unsaturated/α-hetero) is 1. The third kappa shape index (κ3) is 1.80. The first-order valence-electron chi connectivity index (χ1n) is 4.48. The van der Waals surface area contributed by atoms with Crippen LogP contribution < -0.4 is 5.69 Å². The van der Waals surface area contributed by atoms with Crippen molar-refractivity contribution in [1.29, 1.82) is 0 Å². The van der Waals surface area contributed by atoms with Crippen LogP contribution in [0.15, 0.2) is 23.0 Å². The predicted octanol–water partition coefficient (Wildman–Crippen LogP) is 1.67. The van der Waals surface area contributed by atoms with Crippen molar-refractivity contribution in [3.8, 4) is 0 Å². The minimum absolute atomic E-state index is 0.152. The van der Waals surface area contributed by atoms with Crippen molar-refractivity contribution in [1.82, 2.24) is 9.97 Å².